The Morgan fingerprint density at radius 3 is 2.38 bits per heavy atom. The molecule has 0 aliphatic heterocycles. The molecular formula is C22H24N2O2. The summed E-state index contributed by atoms with van der Waals surface area (Å²) >= 11 is 0. The van der Waals surface area contributed by atoms with Crippen LogP contribution in [0.2, 0.25) is 0 Å². The fourth-order valence-corrected chi connectivity index (χ4v) is 2.56. The Kier molecular flexibility index (Phi) is 4.68. The quantitative estimate of drug-likeness (QED) is 0.669. The lowest BCUT2D eigenvalue weighted by atomic mass is 9.95. The van der Waals surface area contributed by atoms with Crippen molar-refractivity contribution in [2.45, 2.75) is 34.6 Å². The summed E-state index contributed by atoms with van der Waals surface area (Å²) in [6, 6.07) is 13.8. The van der Waals surface area contributed by atoms with Gasteiger partial charge in [-0.1, -0.05) is 38.5 Å². The third-order valence-electron chi connectivity index (χ3n) is 4.24. The Bertz CT molecular complexity index is 932. The summed E-state index contributed by atoms with van der Waals surface area (Å²) in [6.45, 7) is 9.79. The topological polar surface area (TPSA) is 55.1 Å². The molecule has 1 aromatic heterocycles. The lowest BCUT2D eigenvalue weighted by Gasteiger charge is -2.17. The molecule has 0 radical (unpaired) electrons. The number of anilines is 1. The monoisotopic (exact) mass is 348 g/mol. The fraction of sp³-hybridized carbons (Fsp3) is 0.273. The van der Waals surface area contributed by atoms with E-state index in [4.69, 9.17) is 4.42 Å². The number of benzene rings is 2. The minimum Gasteiger partial charge on any atom is -0.444 e. The van der Waals surface area contributed by atoms with Crippen molar-refractivity contribution in [2.75, 3.05) is 5.32 Å². The van der Waals surface area contributed by atoms with Crippen LogP contribution >= 0.6 is 0 Å². The van der Waals surface area contributed by atoms with Gasteiger partial charge in [-0.25, -0.2) is 4.98 Å². The van der Waals surface area contributed by atoms with E-state index in [1.165, 1.54) is 5.56 Å². The van der Waals surface area contributed by atoms with Gasteiger partial charge in [-0.2, -0.15) is 0 Å². The minimum absolute atomic E-state index is 0.0152. The predicted octanol–water partition coefficient (Wildman–Crippen LogP) is 5.61. The highest BCUT2D eigenvalue weighted by molar-refractivity contribution is 5.94. The number of oxazole rings is 1. The van der Waals surface area contributed by atoms with Crippen molar-refractivity contribution in [1.82, 2.24) is 4.98 Å². The molecule has 0 aliphatic carbocycles. The van der Waals surface area contributed by atoms with Crippen LogP contribution in [0, 0.1) is 19.3 Å². The molecule has 0 aliphatic rings. The first-order chi connectivity index (χ1) is 12.2. The molecule has 0 bridgehead atoms. The van der Waals surface area contributed by atoms with Crippen molar-refractivity contribution in [1.29, 1.82) is 0 Å². The molecule has 0 atom stereocenters. The van der Waals surface area contributed by atoms with E-state index in [1.54, 1.807) is 6.26 Å². The van der Waals surface area contributed by atoms with E-state index >= 15 is 0 Å². The van der Waals surface area contributed by atoms with E-state index in [2.05, 4.69) is 42.3 Å². The van der Waals surface area contributed by atoms with Gasteiger partial charge in [0.05, 0.1) is 0 Å². The summed E-state index contributed by atoms with van der Waals surface area (Å²) in [5.74, 6) is 0.549. The van der Waals surface area contributed by atoms with E-state index in [1.807, 2.05) is 45.0 Å². The van der Waals surface area contributed by atoms with Crippen LogP contribution in [-0.2, 0) is 4.79 Å². The molecule has 1 amide bonds. The van der Waals surface area contributed by atoms with Crippen LogP contribution < -0.4 is 5.32 Å². The number of nitrogens with one attached hydrogen (secondary N) is 1. The molecule has 4 nitrogen and oxygen atoms in total. The lowest BCUT2D eigenvalue weighted by Crippen LogP contribution is -2.27. The smallest absolute Gasteiger partial charge is 0.229 e. The number of hydrogen-bond donors (Lipinski definition) is 1. The summed E-state index contributed by atoms with van der Waals surface area (Å²) in [4.78, 5) is 16.7. The molecule has 3 rings (SSSR count). The first-order valence-electron chi connectivity index (χ1n) is 8.69. The number of aromatic nitrogens is 1. The number of amides is 1. The molecule has 0 saturated heterocycles. The van der Waals surface area contributed by atoms with Crippen molar-refractivity contribution >= 4 is 11.6 Å². The van der Waals surface area contributed by atoms with Crippen LogP contribution in [0.1, 0.15) is 31.9 Å². The Morgan fingerprint density at radius 1 is 1.04 bits per heavy atom. The molecule has 4 heteroatoms. The second-order valence-electron chi connectivity index (χ2n) is 7.64. The van der Waals surface area contributed by atoms with E-state index < -0.39 is 5.41 Å². The maximum atomic E-state index is 12.1. The number of aryl methyl sites for hydroxylation is 2. The van der Waals surface area contributed by atoms with Gasteiger partial charge >= 0.3 is 0 Å². The number of rotatable bonds is 3. The third-order valence-corrected chi connectivity index (χ3v) is 4.24. The molecule has 134 valence electrons. The van der Waals surface area contributed by atoms with Crippen molar-refractivity contribution < 1.29 is 9.21 Å². The van der Waals surface area contributed by atoms with E-state index in [0.29, 0.717) is 5.89 Å². The molecule has 0 saturated carbocycles. The number of carbonyl (C=O) groups excluding carboxylic acids is 1. The fourth-order valence-electron chi connectivity index (χ4n) is 2.56. The van der Waals surface area contributed by atoms with Gasteiger partial charge < -0.3 is 9.73 Å². The van der Waals surface area contributed by atoms with Gasteiger partial charge in [0.25, 0.3) is 0 Å². The zero-order valence-electron chi connectivity index (χ0n) is 15.9. The molecule has 1 heterocycles. The van der Waals surface area contributed by atoms with Crippen LogP contribution in [0.15, 0.2) is 53.1 Å². The summed E-state index contributed by atoms with van der Waals surface area (Å²) in [5.41, 5.74) is 5.46. The van der Waals surface area contributed by atoms with E-state index in [0.717, 1.165) is 28.1 Å². The average Bonchev–Trinajstić information content (AvgIpc) is 3.06. The summed E-state index contributed by atoms with van der Waals surface area (Å²) < 4.78 is 5.68. The number of nitrogens with zero attached hydrogens (tertiary/aromatic N) is 1. The highest BCUT2D eigenvalue weighted by Crippen LogP contribution is 2.28. The normalized spacial score (nSPS) is 11.4. The molecule has 0 spiro atoms. The Morgan fingerprint density at radius 2 is 1.73 bits per heavy atom. The highest BCUT2D eigenvalue weighted by atomic mass is 16.3. The molecular weight excluding hydrogens is 324 g/mol. The van der Waals surface area contributed by atoms with Crippen molar-refractivity contribution in [3.05, 3.63) is 59.9 Å². The number of hydrogen-bond acceptors (Lipinski definition) is 3. The standard InChI is InChI=1S/C22H24N2O2/c1-14-6-7-15(2)18(12-14)19-13-26-20(24-19)16-8-10-17(11-9-16)23-21(25)22(3,4)5/h6-13H,1-5H3,(H,23,25). The summed E-state index contributed by atoms with van der Waals surface area (Å²) in [5, 5.41) is 2.92. The second kappa shape index (κ2) is 6.79. The molecule has 26 heavy (non-hydrogen) atoms. The predicted molar refractivity (Wildman–Crippen MR) is 105 cm³/mol. The van der Waals surface area contributed by atoms with Gasteiger partial charge in [0, 0.05) is 22.2 Å². The molecule has 0 fully saturated rings. The maximum absolute atomic E-state index is 12.1. The van der Waals surface area contributed by atoms with E-state index in [9.17, 15) is 4.79 Å². The maximum Gasteiger partial charge on any atom is 0.229 e. The molecule has 1 N–H and O–H groups in total. The van der Waals surface area contributed by atoms with Gasteiger partial charge in [-0.3, -0.25) is 4.79 Å². The van der Waals surface area contributed by atoms with Crippen LogP contribution in [0.5, 0.6) is 0 Å². The Hall–Kier alpha value is -2.88. The largest absolute Gasteiger partial charge is 0.444 e. The molecule has 3 aromatic rings. The Labute approximate surface area is 154 Å². The number of carbonyl (C=O) groups is 1. The van der Waals surface area contributed by atoms with Crippen LogP contribution in [0.25, 0.3) is 22.7 Å². The van der Waals surface area contributed by atoms with Gasteiger partial charge in [0.15, 0.2) is 0 Å². The van der Waals surface area contributed by atoms with Crippen LogP contribution in [-0.4, -0.2) is 10.9 Å². The van der Waals surface area contributed by atoms with Gasteiger partial charge in [0.2, 0.25) is 11.8 Å². The van der Waals surface area contributed by atoms with Crippen LogP contribution in [0.3, 0.4) is 0 Å². The van der Waals surface area contributed by atoms with Crippen molar-refractivity contribution in [2.24, 2.45) is 5.41 Å². The molecule has 2 aromatic carbocycles. The van der Waals surface area contributed by atoms with Gasteiger partial charge in [-0.05, 0) is 49.7 Å². The lowest BCUT2D eigenvalue weighted by molar-refractivity contribution is -0.123. The van der Waals surface area contributed by atoms with Gasteiger partial charge in [0.1, 0.15) is 12.0 Å². The van der Waals surface area contributed by atoms with Crippen molar-refractivity contribution in [3.8, 4) is 22.7 Å². The zero-order valence-corrected chi connectivity index (χ0v) is 15.9. The van der Waals surface area contributed by atoms with E-state index in [-0.39, 0.29) is 5.91 Å². The first kappa shape index (κ1) is 17.9. The summed E-state index contributed by atoms with van der Waals surface area (Å²) in [6.07, 6.45) is 1.69. The van der Waals surface area contributed by atoms with Crippen molar-refractivity contribution in [3.63, 3.8) is 0 Å². The minimum atomic E-state index is -0.429. The average molecular weight is 348 g/mol. The van der Waals surface area contributed by atoms with Gasteiger partial charge in [-0.15, -0.1) is 0 Å². The SMILES string of the molecule is Cc1ccc(C)c(-c2coc(-c3ccc(NC(=O)C(C)(C)C)cc3)n2)c1. The Balaban J connectivity index is 1.82. The first-order valence-corrected chi connectivity index (χ1v) is 8.69. The molecule has 0 unspecified atom stereocenters. The second-order valence-corrected chi connectivity index (χ2v) is 7.64. The summed E-state index contributed by atoms with van der Waals surface area (Å²) in [7, 11) is 0. The highest BCUT2D eigenvalue weighted by Gasteiger charge is 2.21. The third kappa shape index (κ3) is 3.85. The van der Waals surface area contributed by atoms with Crippen LogP contribution in [0.4, 0.5) is 5.69 Å². The zero-order chi connectivity index (χ0) is 18.9.